The number of benzene rings is 1. The molecule has 4 heteroatoms. The van der Waals surface area contributed by atoms with Gasteiger partial charge in [-0.2, -0.15) is 11.8 Å². The number of hydrogen-bond acceptors (Lipinski definition) is 2. The highest BCUT2D eigenvalue weighted by Crippen LogP contribution is 2.07. The Morgan fingerprint density at radius 3 is 2.56 bits per heavy atom. The zero-order valence-corrected chi connectivity index (χ0v) is 9.83. The van der Waals surface area contributed by atoms with E-state index >= 15 is 0 Å². The summed E-state index contributed by atoms with van der Waals surface area (Å²) in [7, 11) is 0. The Balaban J connectivity index is 2.23. The van der Waals surface area contributed by atoms with Gasteiger partial charge in [-0.15, -0.1) is 6.58 Å². The second-order valence-corrected chi connectivity index (χ2v) is 4.47. The lowest BCUT2D eigenvalue weighted by Gasteiger charge is -2.04. The zero-order valence-electron chi connectivity index (χ0n) is 9.01. The zero-order chi connectivity index (χ0) is 11.8. The average Bonchev–Trinajstić information content (AvgIpc) is 2.22. The summed E-state index contributed by atoms with van der Waals surface area (Å²) in [4.78, 5) is 0. The highest BCUT2D eigenvalue weighted by Gasteiger charge is 1.99. The van der Waals surface area contributed by atoms with Crippen LogP contribution in [0.3, 0.4) is 0 Å². The van der Waals surface area contributed by atoms with Gasteiger partial charge in [0.05, 0.1) is 0 Å². The predicted molar refractivity (Wildman–Crippen MR) is 65.6 cm³/mol. The molecule has 1 aromatic carbocycles. The van der Waals surface area contributed by atoms with Gasteiger partial charge in [0.1, 0.15) is 11.6 Å². The predicted octanol–water partition coefficient (Wildman–Crippen LogP) is 2.97. The first-order chi connectivity index (χ1) is 7.72. The monoisotopic (exact) mass is 243 g/mol. The number of thioether (sulfide) groups is 1. The van der Waals surface area contributed by atoms with Crippen molar-refractivity contribution in [2.75, 3.05) is 18.1 Å². The van der Waals surface area contributed by atoms with Gasteiger partial charge in [-0.05, 0) is 17.7 Å². The van der Waals surface area contributed by atoms with E-state index in [9.17, 15) is 8.78 Å². The van der Waals surface area contributed by atoms with Crippen LogP contribution in [-0.2, 0) is 6.54 Å². The molecule has 1 aromatic rings. The third kappa shape index (κ3) is 5.28. The normalized spacial score (nSPS) is 10.4. The third-order valence-corrected chi connectivity index (χ3v) is 2.87. The summed E-state index contributed by atoms with van der Waals surface area (Å²) in [5.74, 6) is 0.829. The van der Waals surface area contributed by atoms with E-state index < -0.39 is 11.6 Å². The van der Waals surface area contributed by atoms with Crippen LogP contribution in [0.2, 0.25) is 0 Å². The Bertz CT molecular complexity index is 322. The van der Waals surface area contributed by atoms with Crippen LogP contribution >= 0.6 is 11.8 Å². The molecular formula is C12H15F2NS. The van der Waals surface area contributed by atoms with Crippen LogP contribution in [0.15, 0.2) is 30.9 Å². The van der Waals surface area contributed by atoms with E-state index in [1.54, 1.807) is 11.8 Å². The van der Waals surface area contributed by atoms with E-state index in [0.717, 1.165) is 24.1 Å². The van der Waals surface area contributed by atoms with E-state index in [4.69, 9.17) is 0 Å². The quantitative estimate of drug-likeness (QED) is 0.583. The Morgan fingerprint density at radius 2 is 1.94 bits per heavy atom. The summed E-state index contributed by atoms with van der Waals surface area (Å²) in [6, 6.07) is 3.56. The molecule has 0 aliphatic heterocycles. The first kappa shape index (κ1) is 13.2. The molecule has 0 unspecified atom stereocenters. The van der Waals surface area contributed by atoms with Gasteiger partial charge < -0.3 is 5.32 Å². The standard InChI is InChI=1S/C12H15F2NS/c1-2-4-16-5-3-15-9-10-6-11(13)8-12(14)7-10/h2,6-8,15H,1,3-5,9H2. The minimum Gasteiger partial charge on any atom is -0.312 e. The second kappa shape index (κ2) is 7.41. The molecular weight excluding hydrogens is 228 g/mol. The number of rotatable bonds is 7. The van der Waals surface area contributed by atoms with Crippen LogP contribution in [0.5, 0.6) is 0 Å². The number of nitrogens with one attached hydrogen (secondary N) is 1. The van der Waals surface area contributed by atoms with Crippen LogP contribution in [0.1, 0.15) is 5.56 Å². The van der Waals surface area contributed by atoms with Crippen molar-refractivity contribution in [1.29, 1.82) is 0 Å². The molecule has 1 N–H and O–H groups in total. The number of hydrogen-bond donors (Lipinski definition) is 1. The Hall–Kier alpha value is -0.870. The van der Waals surface area contributed by atoms with Crippen LogP contribution in [0.25, 0.3) is 0 Å². The van der Waals surface area contributed by atoms with Crippen molar-refractivity contribution in [2.24, 2.45) is 0 Å². The van der Waals surface area contributed by atoms with E-state index in [0.29, 0.717) is 12.1 Å². The van der Waals surface area contributed by atoms with E-state index in [1.807, 2.05) is 6.08 Å². The van der Waals surface area contributed by atoms with Crippen molar-refractivity contribution in [1.82, 2.24) is 5.32 Å². The van der Waals surface area contributed by atoms with Crippen LogP contribution in [-0.4, -0.2) is 18.1 Å². The van der Waals surface area contributed by atoms with Crippen LogP contribution in [0, 0.1) is 11.6 Å². The number of halogens is 2. The topological polar surface area (TPSA) is 12.0 Å². The molecule has 0 aromatic heterocycles. The summed E-state index contributed by atoms with van der Waals surface area (Å²) in [6.07, 6.45) is 1.85. The maximum absolute atomic E-state index is 12.8. The van der Waals surface area contributed by atoms with Crippen LogP contribution < -0.4 is 5.32 Å². The SMILES string of the molecule is C=CCSCCNCc1cc(F)cc(F)c1. The van der Waals surface area contributed by atoms with Gasteiger partial charge in [0.15, 0.2) is 0 Å². The molecule has 0 aliphatic carbocycles. The molecule has 88 valence electrons. The second-order valence-electron chi connectivity index (χ2n) is 3.32. The fourth-order valence-corrected chi connectivity index (χ4v) is 1.88. The van der Waals surface area contributed by atoms with Gasteiger partial charge in [0.25, 0.3) is 0 Å². The fraction of sp³-hybridized carbons (Fsp3) is 0.333. The molecule has 0 saturated carbocycles. The molecule has 0 amide bonds. The Kier molecular flexibility index (Phi) is 6.11. The molecule has 16 heavy (non-hydrogen) atoms. The molecule has 1 rings (SSSR count). The summed E-state index contributed by atoms with van der Waals surface area (Å²) in [5.41, 5.74) is 0.631. The van der Waals surface area contributed by atoms with E-state index in [1.165, 1.54) is 12.1 Å². The molecule has 0 heterocycles. The van der Waals surface area contributed by atoms with Gasteiger partial charge in [0.2, 0.25) is 0 Å². The molecule has 0 aliphatic rings. The summed E-state index contributed by atoms with van der Waals surface area (Å²) >= 11 is 1.77. The summed E-state index contributed by atoms with van der Waals surface area (Å²) in [6.45, 7) is 4.93. The lowest BCUT2D eigenvalue weighted by molar-refractivity contribution is 0.576. The third-order valence-electron chi connectivity index (χ3n) is 1.91. The Labute approximate surface area is 98.9 Å². The van der Waals surface area contributed by atoms with Crippen molar-refractivity contribution in [3.05, 3.63) is 48.1 Å². The largest absolute Gasteiger partial charge is 0.312 e. The first-order valence-corrected chi connectivity index (χ1v) is 6.22. The van der Waals surface area contributed by atoms with Crippen molar-refractivity contribution in [2.45, 2.75) is 6.54 Å². The first-order valence-electron chi connectivity index (χ1n) is 5.06. The van der Waals surface area contributed by atoms with E-state index in [2.05, 4.69) is 11.9 Å². The Morgan fingerprint density at radius 1 is 1.25 bits per heavy atom. The highest BCUT2D eigenvalue weighted by atomic mass is 32.2. The van der Waals surface area contributed by atoms with Crippen LogP contribution in [0.4, 0.5) is 8.78 Å². The summed E-state index contributed by atoms with van der Waals surface area (Å²) < 4.78 is 25.6. The van der Waals surface area contributed by atoms with Crippen molar-refractivity contribution in [3.63, 3.8) is 0 Å². The van der Waals surface area contributed by atoms with Crippen molar-refractivity contribution in [3.8, 4) is 0 Å². The van der Waals surface area contributed by atoms with Gasteiger partial charge >= 0.3 is 0 Å². The maximum Gasteiger partial charge on any atom is 0.126 e. The fourth-order valence-electron chi connectivity index (χ4n) is 1.26. The molecule has 0 fully saturated rings. The molecule has 0 bridgehead atoms. The van der Waals surface area contributed by atoms with E-state index in [-0.39, 0.29) is 0 Å². The lowest BCUT2D eigenvalue weighted by Crippen LogP contribution is -2.16. The molecule has 0 atom stereocenters. The highest BCUT2D eigenvalue weighted by molar-refractivity contribution is 7.99. The smallest absolute Gasteiger partial charge is 0.126 e. The molecule has 1 nitrogen and oxygen atoms in total. The van der Waals surface area contributed by atoms with Gasteiger partial charge in [-0.25, -0.2) is 8.78 Å². The average molecular weight is 243 g/mol. The van der Waals surface area contributed by atoms with Gasteiger partial charge in [0, 0.05) is 30.7 Å². The van der Waals surface area contributed by atoms with Crippen molar-refractivity contribution < 1.29 is 8.78 Å². The maximum atomic E-state index is 12.8. The molecule has 0 radical (unpaired) electrons. The minimum atomic E-state index is -0.530. The van der Waals surface area contributed by atoms with Gasteiger partial charge in [-0.3, -0.25) is 0 Å². The summed E-state index contributed by atoms with van der Waals surface area (Å²) in [5, 5.41) is 3.13. The lowest BCUT2D eigenvalue weighted by atomic mass is 10.2. The van der Waals surface area contributed by atoms with Gasteiger partial charge in [-0.1, -0.05) is 6.08 Å². The van der Waals surface area contributed by atoms with Crippen molar-refractivity contribution >= 4 is 11.8 Å². The molecule has 0 spiro atoms. The molecule has 0 saturated heterocycles. The minimum absolute atomic E-state index is 0.489.